The molecule has 2 saturated heterocycles. The lowest BCUT2D eigenvalue weighted by atomic mass is 9.89. The van der Waals surface area contributed by atoms with Gasteiger partial charge in [0.1, 0.15) is 23.7 Å². The van der Waals surface area contributed by atoms with E-state index >= 15 is 0 Å². The lowest BCUT2D eigenvalue weighted by Gasteiger charge is -2.33. The number of anilines is 2. The Morgan fingerprint density at radius 3 is 2.94 bits per heavy atom. The number of nitrogens with zero attached hydrogens (tertiary/aromatic N) is 3. The molecule has 2 unspecified atom stereocenters. The topological polar surface area (TPSA) is 76.6 Å². The maximum absolute atomic E-state index is 13.7. The van der Waals surface area contributed by atoms with Crippen molar-refractivity contribution >= 4 is 28.2 Å². The van der Waals surface area contributed by atoms with Gasteiger partial charge in [-0.2, -0.15) is 0 Å². The number of rotatable bonds is 8. The predicted octanol–water partition coefficient (Wildman–Crippen LogP) is 4.47. The van der Waals surface area contributed by atoms with E-state index in [9.17, 15) is 9.18 Å². The Balaban J connectivity index is 1.30. The number of methoxy groups -OCH3 is 1. The zero-order chi connectivity index (χ0) is 25.1. The number of ketones is 1. The Morgan fingerprint density at radius 2 is 2.11 bits per heavy atom. The highest BCUT2D eigenvalue weighted by Crippen LogP contribution is 2.31. The van der Waals surface area contributed by atoms with E-state index < -0.39 is 0 Å². The highest BCUT2D eigenvalue weighted by atomic mass is 19.1. The second-order valence-electron chi connectivity index (χ2n) is 9.64. The van der Waals surface area contributed by atoms with Gasteiger partial charge >= 0.3 is 0 Å². The van der Waals surface area contributed by atoms with Crippen LogP contribution in [0.25, 0.3) is 10.9 Å². The normalized spacial score (nSPS) is 20.1. The van der Waals surface area contributed by atoms with E-state index in [0.717, 1.165) is 55.9 Å². The summed E-state index contributed by atoms with van der Waals surface area (Å²) in [5, 5.41) is 4.01. The van der Waals surface area contributed by atoms with Gasteiger partial charge in [-0.1, -0.05) is 6.08 Å². The molecule has 0 saturated carbocycles. The first-order chi connectivity index (χ1) is 17.5. The van der Waals surface area contributed by atoms with Crippen molar-refractivity contribution in [2.45, 2.75) is 19.8 Å². The number of likely N-dealkylation sites (tertiary alicyclic amines) is 1. The van der Waals surface area contributed by atoms with Gasteiger partial charge in [-0.25, -0.2) is 14.4 Å². The summed E-state index contributed by atoms with van der Waals surface area (Å²) in [7, 11) is 1.59. The maximum Gasteiger partial charge on any atom is 0.159 e. The molecule has 1 N–H and O–H groups in total. The SMILES string of the molecule is COc1cc2ncnc(Nc3ccc(F)c(C)c3)c2cc1CC(=O)/C=C/CN1CCC2COCC2C1. The van der Waals surface area contributed by atoms with Gasteiger partial charge < -0.3 is 14.8 Å². The maximum atomic E-state index is 13.7. The van der Waals surface area contributed by atoms with Crippen LogP contribution in [-0.2, 0) is 16.0 Å². The summed E-state index contributed by atoms with van der Waals surface area (Å²) in [6.45, 7) is 6.31. The third kappa shape index (κ3) is 5.39. The summed E-state index contributed by atoms with van der Waals surface area (Å²) in [5.41, 5.74) is 2.71. The lowest BCUT2D eigenvalue weighted by molar-refractivity contribution is -0.114. The summed E-state index contributed by atoms with van der Waals surface area (Å²) in [5.74, 6) is 2.25. The van der Waals surface area contributed by atoms with Gasteiger partial charge in [0.25, 0.3) is 0 Å². The molecule has 3 heterocycles. The molecule has 2 aromatic carbocycles. The van der Waals surface area contributed by atoms with Crippen LogP contribution in [0.4, 0.5) is 15.9 Å². The predicted molar refractivity (Wildman–Crippen MR) is 137 cm³/mol. The molecule has 2 aliphatic rings. The summed E-state index contributed by atoms with van der Waals surface area (Å²) in [6, 6.07) is 8.52. The molecule has 8 heteroatoms. The smallest absolute Gasteiger partial charge is 0.159 e. The third-order valence-corrected chi connectivity index (χ3v) is 7.13. The fourth-order valence-corrected chi connectivity index (χ4v) is 5.10. The van der Waals surface area contributed by atoms with Crippen molar-refractivity contribution < 1.29 is 18.7 Å². The van der Waals surface area contributed by atoms with E-state index in [0.29, 0.717) is 34.5 Å². The van der Waals surface area contributed by atoms with Crippen LogP contribution in [-0.4, -0.2) is 60.6 Å². The van der Waals surface area contributed by atoms with Crippen molar-refractivity contribution in [1.29, 1.82) is 0 Å². The van der Waals surface area contributed by atoms with E-state index in [1.165, 1.54) is 12.4 Å². The monoisotopic (exact) mass is 490 g/mol. The Labute approximate surface area is 210 Å². The number of piperidine rings is 1. The van der Waals surface area contributed by atoms with Crippen molar-refractivity contribution in [2.24, 2.45) is 11.8 Å². The van der Waals surface area contributed by atoms with Crippen molar-refractivity contribution in [3.63, 3.8) is 0 Å². The van der Waals surface area contributed by atoms with Gasteiger partial charge in [0, 0.05) is 54.7 Å². The Hall–Kier alpha value is -3.36. The first-order valence-corrected chi connectivity index (χ1v) is 12.3. The average Bonchev–Trinajstić information content (AvgIpc) is 3.34. The molecular formula is C28H31FN4O3. The molecule has 2 fully saturated rings. The summed E-state index contributed by atoms with van der Waals surface area (Å²) in [4.78, 5) is 24.0. The molecule has 2 atom stereocenters. The largest absolute Gasteiger partial charge is 0.496 e. The molecule has 0 bridgehead atoms. The number of hydrogen-bond acceptors (Lipinski definition) is 7. The molecule has 7 nitrogen and oxygen atoms in total. The van der Waals surface area contributed by atoms with Gasteiger partial charge in [-0.15, -0.1) is 0 Å². The number of aryl methyl sites for hydroxylation is 1. The second-order valence-corrected chi connectivity index (χ2v) is 9.64. The highest BCUT2D eigenvalue weighted by molar-refractivity contribution is 5.96. The molecule has 0 aliphatic carbocycles. The number of hydrogen-bond donors (Lipinski definition) is 1. The number of aromatic nitrogens is 2. The first kappa shape index (κ1) is 24.3. The standard InChI is InChI=1S/C28H31FN4O3/c1-18-10-22(5-6-25(18)29)32-28-24-12-20(27(35-2)13-26(24)30-17-31-28)11-23(34)4-3-8-33-9-7-19-15-36-16-21(19)14-33/h3-6,10,12-13,17,19,21H,7-9,11,14-16H2,1-2H3,(H,30,31,32)/b4-3+. The van der Waals surface area contributed by atoms with Crippen molar-refractivity contribution in [3.05, 3.63) is 65.8 Å². The molecule has 188 valence electrons. The Kier molecular flexibility index (Phi) is 7.25. The van der Waals surface area contributed by atoms with Gasteiger partial charge in [0.15, 0.2) is 5.78 Å². The van der Waals surface area contributed by atoms with Gasteiger partial charge in [-0.05, 0) is 61.7 Å². The Morgan fingerprint density at radius 1 is 1.25 bits per heavy atom. The van der Waals surface area contributed by atoms with Crippen LogP contribution in [0.5, 0.6) is 5.75 Å². The zero-order valence-electron chi connectivity index (χ0n) is 20.7. The van der Waals surface area contributed by atoms with Crippen LogP contribution in [0, 0.1) is 24.6 Å². The zero-order valence-corrected chi connectivity index (χ0v) is 20.7. The number of allylic oxidation sites excluding steroid dienone is 1. The van der Waals surface area contributed by atoms with E-state index in [1.807, 2.05) is 18.2 Å². The minimum atomic E-state index is -0.260. The molecular weight excluding hydrogens is 459 g/mol. The fourth-order valence-electron chi connectivity index (χ4n) is 5.10. The van der Waals surface area contributed by atoms with Crippen LogP contribution >= 0.6 is 0 Å². The number of halogens is 1. The van der Waals surface area contributed by atoms with Gasteiger partial charge in [0.2, 0.25) is 0 Å². The molecule has 2 aliphatic heterocycles. The fraction of sp³-hybridized carbons (Fsp3) is 0.393. The van der Waals surface area contributed by atoms with Crippen molar-refractivity contribution in [1.82, 2.24) is 14.9 Å². The van der Waals surface area contributed by atoms with E-state index in [2.05, 4.69) is 20.2 Å². The number of nitrogens with one attached hydrogen (secondary N) is 1. The molecule has 3 aromatic rings. The van der Waals surface area contributed by atoms with E-state index in [1.54, 1.807) is 32.2 Å². The van der Waals surface area contributed by atoms with E-state index in [-0.39, 0.29) is 18.0 Å². The second kappa shape index (κ2) is 10.7. The quantitative estimate of drug-likeness (QED) is 0.467. The summed E-state index contributed by atoms with van der Waals surface area (Å²) < 4.78 is 24.9. The number of carbonyl (C=O) groups is 1. The average molecular weight is 491 g/mol. The Bertz CT molecular complexity index is 1300. The van der Waals surface area contributed by atoms with Crippen LogP contribution in [0.1, 0.15) is 17.5 Å². The van der Waals surface area contributed by atoms with Crippen molar-refractivity contribution in [2.75, 3.05) is 45.3 Å². The number of benzene rings is 2. The molecule has 0 amide bonds. The number of fused-ring (bicyclic) bond motifs is 2. The van der Waals surface area contributed by atoms with Crippen LogP contribution in [0.3, 0.4) is 0 Å². The van der Waals surface area contributed by atoms with Crippen LogP contribution in [0.2, 0.25) is 0 Å². The number of ether oxygens (including phenoxy) is 2. The molecule has 0 radical (unpaired) electrons. The van der Waals surface area contributed by atoms with Crippen LogP contribution < -0.4 is 10.1 Å². The molecule has 5 rings (SSSR count). The lowest BCUT2D eigenvalue weighted by Crippen LogP contribution is -2.39. The minimum absolute atomic E-state index is 0.00672. The van der Waals surface area contributed by atoms with Gasteiger partial charge in [0.05, 0.1) is 19.2 Å². The third-order valence-electron chi connectivity index (χ3n) is 7.13. The van der Waals surface area contributed by atoms with E-state index in [4.69, 9.17) is 9.47 Å². The molecule has 1 aromatic heterocycles. The highest BCUT2D eigenvalue weighted by Gasteiger charge is 2.33. The van der Waals surface area contributed by atoms with Crippen LogP contribution in [0.15, 0.2) is 48.8 Å². The number of carbonyl (C=O) groups excluding carboxylic acids is 1. The molecule has 0 spiro atoms. The molecule has 36 heavy (non-hydrogen) atoms. The minimum Gasteiger partial charge on any atom is -0.496 e. The van der Waals surface area contributed by atoms with Crippen molar-refractivity contribution in [3.8, 4) is 5.75 Å². The first-order valence-electron chi connectivity index (χ1n) is 12.3. The summed E-state index contributed by atoms with van der Waals surface area (Å²) in [6.07, 6.45) is 6.46. The summed E-state index contributed by atoms with van der Waals surface area (Å²) >= 11 is 0. The van der Waals surface area contributed by atoms with Gasteiger partial charge in [-0.3, -0.25) is 9.69 Å².